The molecular weight excluding hydrogens is 180 g/mol. The topological polar surface area (TPSA) is 78.3 Å². The van der Waals surface area contributed by atoms with Crippen LogP contribution in [0.3, 0.4) is 0 Å². The lowest BCUT2D eigenvalue weighted by Gasteiger charge is -2.07. The monoisotopic (exact) mass is 194 g/mol. The number of rotatable bonds is 3. The zero-order valence-electron chi connectivity index (χ0n) is 8.12. The van der Waals surface area contributed by atoms with Gasteiger partial charge in [-0.25, -0.2) is 0 Å². The number of anilines is 2. The molecule has 0 bridgehead atoms. The van der Waals surface area contributed by atoms with Gasteiger partial charge in [-0.15, -0.1) is 0 Å². The van der Waals surface area contributed by atoms with Crippen molar-refractivity contribution in [1.82, 2.24) is 0 Å². The summed E-state index contributed by atoms with van der Waals surface area (Å²) in [6, 6.07) is 5.23. The molecule has 1 rings (SSSR count). The largest absolute Gasteiger partial charge is 0.466 e. The molecule has 0 radical (unpaired) electrons. The maximum Gasteiger partial charge on any atom is 0.310 e. The standard InChI is InChI=1S/C10H14N2O2/c1-2-14-9(13)6-7-4-3-5-8(11)10(7)12/h3-5H,2,6,11-12H2,1H3. The van der Waals surface area contributed by atoms with Crippen molar-refractivity contribution in [3.8, 4) is 0 Å². The molecule has 4 nitrogen and oxygen atoms in total. The average Bonchev–Trinajstić information content (AvgIpc) is 2.13. The Balaban J connectivity index is 2.76. The fourth-order valence-electron chi connectivity index (χ4n) is 1.15. The van der Waals surface area contributed by atoms with Crippen LogP contribution >= 0.6 is 0 Å². The molecule has 1 aromatic carbocycles. The van der Waals surface area contributed by atoms with Crippen LogP contribution in [0, 0.1) is 0 Å². The molecule has 4 heteroatoms. The Morgan fingerprint density at radius 3 is 2.79 bits per heavy atom. The van der Waals surface area contributed by atoms with Gasteiger partial charge in [-0.1, -0.05) is 12.1 Å². The minimum absolute atomic E-state index is 0.171. The second kappa shape index (κ2) is 4.50. The molecule has 1 aromatic rings. The van der Waals surface area contributed by atoms with Crippen LogP contribution in [0.2, 0.25) is 0 Å². The number of nitrogen functional groups attached to an aromatic ring is 2. The second-order valence-corrected chi connectivity index (χ2v) is 2.90. The lowest BCUT2D eigenvalue weighted by Crippen LogP contribution is -2.10. The molecule has 76 valence electrons. The first-order valence-corrected chi connectivity index (χ1v) is 4.43. The first kappa shape index (κ1) is 10.4. The molecule has 0 aliphatic rings. The molecule has 4 N–H and O–H groups in total. The van der Waals surface area contributed by atoms with Crippen LogP contribution in [-0.2, 0) is 16.0 Å². The molecule has 0 aliphatic carbocycles. The number of hydrogen-bond acceptors (Lipinski definition) is 4. The van der Waals surface area contributed by atoms with Crippen molar-refractivity contribution >= 4 is 17.3 Å². The van der Waals surface area contributed by atoms with Crippen LogP contribution in [0.1, 0.15) is 12.5 Å². The quantitative estimate of drug-likeness (QED) is 0.554. The molecule has 14 heavy (non-hydrogen) atoms. The highest BCUT2D eigenvalue weighted by Crippen LogP contribution is 2.19. The Bertz CT molecular complexity index is 337. The van der Waals surface area contributed by atoms with Crippen molar-refractivity contribution in [3.05, 3.63) is 23.8 Å². The molecule has 0 saturated heterocycles. The highest BCUT2D eigenvalue weighted by Gasteiger charge is 2.08. The number of esters is 1. The molecule has 0 atom stereocenters. The summed E-state index contributed by atoms with van der Waals surface area (Å²) in [6.07, 6.45) is 0.171. The van der Waals surface area contributed by atoms with Gasteiger partial charge >= 0.3 is 5.97 Å². The highest BCUT2D eigenvalue weighted by atomic mass is 16.5. The Morgan fingerprint density at radius 2 is 2.14 bits per heavy atom. The number of benzene rings is 1. The Hall–Kier alpha value is -1.71. The van der Waals surface area contributed by atoms with Gasteiger partial charge in [0.2, 0.25) is 0 Å². The fourth-order valence-corrected chi connectivity index (χ4v) is 1.15. The third-order valence-corrected chi connectivity index (χ3v) is 1.87. The average molecular weight is 194 g/mol. The number of ether oxygens (including phenoxy) is 1. The second-order valence-electron chi connectivity index (χ2n) is 2.90. The van der Waals surface area contributed by atoms with E-state index in [4.69, 9.17) is 16.2 Å². The number of para-hydroxylation sites is 1. The van der Waals surface area contributed by atoms with Crippen LogP contribution in [0.5, 0.6) is 0 Å². The van der Waals surface area contributed by atoms with E-state index in [1.165, 1.54) is 0 Å². The molecular formula is C10H14N2O2. The van der Waals surface area contributed by atoms with Crippen LogP contribution in [0.15, 0.2) is 18.2 Å². The van der Waals surface area contributed by atoms with E-state index in [1.54, 1.807) is 25.1 Å². The summed E-state index contributed by atoms with van der Waals surface area (Å²) in [4.78, 5) is 11.2. The fraction of sp³-hybridized carbons (Fsp3) is 0.300. The van der Waals surface area contributed by atoms with E-state index in [9.17, 15) is 4.79 Å². The molecule has 0 saturated carbocycles. The van der Waals surface area contributed by atoms with E-state index >= 15 is 0 Å². The Kier molecular flexibility index (Phi) is 3.34. The summed E-state index contributed by atoms with van der Waals surface area (Å²) in [5.74, 6) is -0.287. The molecule has 0 aliphatic heterocycles. The van der Waals surface area contributed by atoms with Crippen LogP contribution in [0.25, 0.3) is 0 Å². The summed E-state index contributed by atoms with van der Waals surface area (Å²) in [6.45, 7) is 2.14. The summed E-state index contributed by atoms with van der Waals surface area (Å²) in [7, 11) is 0. The van der Waals surface area contributed by atoms with Gasteiger partial charge in [0.1, 0.15) is 0 Å². The van der Waals surface area contributed by atoms with Crippen LogP contribution < -0.4 is 11.5 Å². The molecule has 0 amide bonds. The Labute approximate surface area is 82.8 Å². The van der Waals surface area contributed by atoms with Gasteiger partial charge in [-0.3, -0.25) is 4.79 Å². The third kappa shape index (κ3) is 2.39. The van der Waals surface area contributed by atoms with Crippen molar-refractivity contribution < 1.29 is 9.53 Å². The number of hydrogen-bond donors (Lipinski definition) is 2. The predicted molar refractivity (Wildman–Crippen MR) is 55.6 cm³/mol. The first-order chi connectivity index (χ1) is 6.65. The zero-order valence-corrected chi connectivity index (χ0v) is 8.12. The minimum atomic E-state index is -0.287. The van der Waals surface area contributed by atoms with E-state index < -0.39 is 0 Å². The summed E-state index contributed by atoms with van der Waals surface area (Å²) >= 11 is 0. The number of carbonyl (C=O) groups is 1. The SMILES string of the molecule is CCOC(=O)Cc1cccc(N)c1N. The van der Waals surface area contributed by atoms with Crippen molar-refractivity contribution in [2.45, 2.75) is 13.3 Å². The molecule has 0 unspecified atom stereocenters. The van der Waals surface area contributed by atoms with E-state index in [-0.39, 0.29) is 12.4 Å². The molecule has 0 fully saturated rings. The third-order valence-electron chi connectivity index (χ3n) is 1.87. The lowest BCUT2D eigenvalue weighted by atomic mass is 10.1. The van der Waals surface area contributed by atoms with Crippen molar-refractivity contribution in [1.29, 1.82) is 0 Å². The van der Waals surface area contributed by atoms with E-state index in [1.807, 2.05) is 0 Å². The molecule has 0 heterocycles. The van der Waals surface area contributed by atoms with E-state index in [0.29, 0.717) is 23.5 Å². The minimum Gasteiger partial charge on any atom is -0.466 e. The van der Waals surface area contributed by atoms with Gasteiger partial charge in [0.25, 0.3) is 0 Å². The summed E-state index contributed by atoms with van der Waals surface area (Å²) < 4.78 is 4.81. The van der Waals surface area contributed by atoms with Crippen molar-refractivity contribution in [2.75, 3.05) is 18.1 Å². The maximum atomic E-state index is 11.2. The number of nitrogens with two attached hydrogens (primary N) is 2. The van der Waals surface area contributed by atoms with Gasteiger partial charge < -0.3 is 16.2 Å². The normalized spacial score (nSPS) is 9.79. The van der Waals surface area contributed by atoms with Gasteiger partial charge in [-0.05, 0) is 18.6 Å². The van der Waals surface area contributed by atoms with Gasteiger partial charge in [0.05, 0.1) is 24.4 Å². The Morgan fingerprint density at radius 1 is 1.43 bits per heavy atom. The van der Waals surface area contributed by atoms with Crippen LogP contribution in [0.4, 0.5) is 11.4 Å². The maximum absolute atomic E-state index is 11.2. The van der Waals surface area contributed by atoms with Crippen molar-refractivity contribution in [2.24, 2.45) is 0 Å². The molecule has 0 spiro atoms. The number of carbonyl (C=O) groups excluding carboxylic acids is 1. The first-order valence-electron chi connectivity index (χ1n) is 4.43. The van der Waals surface area contributed by atoms with Gasteiger partial charge in [-0.2, -0.15) is 0 Å². The highest BCUT2D eigenvalue weighted by molar-refractivity contribution is 5.78. The smallest absolute Gasteiger partial charge is 0.310 e. The van der Waals surface area contributed by atoms with E-state index in [0.717, 1.165) is 0 Å². The van der Waals surface area contributed by atoms with Crippen LogP contribution in [-0.4, -0.2) is 12.6 Å². The van der Waals surface area contributed by atoms with Gasteiger partial charge in [0.15, 0.2) is 0 Å². The van der Waals surface area contributed by atoms with Gasteiger partial charge in [0, 0.05) is 0 Å². The summed E-state index contributed by atoms with van der Waals surface area (Å²) in [5, 5.41) is 0. The molecule has 0 aromatic heterocycles. The predicted octanol–water partition coefficient (Wildman–Crippen LogP) is 0.957. The zero-order chi connectivity index (χ0) is 10.6. The summed E-state index contributed by atoms with van der Waals surface area (Å²) in [5.41, 5.74) is 13.0. The van der Waals surface area contributed by atoms with Crippen molar-refractivity contribution in [3.63, 3.8) is 0 Å². The van der Waals surface area contributed by atoms with E-state index in [2.05, 4.69) is 0 Å². The lowest BCUT2D eigenvalue weighted by molar-refractivity contribution is -0.142.